The maximum atomic E-state index is 10.9. The molecular weight excluding hydrogens is 268 g/mol. The zero-order valence-electron chi connectivity index (χ0n) is 9.01. The summed E-state index contributed by atoms with van der Waals surface area (Å²) in [6.07, 6.45) is 1.10. The zero-order chi connectivity index (χ0) is 13.1. The van der Waals surface area contributed by atoms with Crippen molar-refractivity contribution in [3.63, 3.8) is 0 Å². The molecule has 0 radical (unpaired) electrons. The van der Waals surface area contributed by atoms with Crippen LogP contribution in [-0.2, 0) is 9.84 Å². The van der Waals surface area contributed by atoms with Crippen LogP contribution in [0.4, 0.5) is 0 Å². The van der Waals surface area contributed by atoms with Gasteiger partial charge >= 0.3 is 5.97 Å². The molecule has 0 amide bonds. The first-order chi connectivity index (χ1) is 7.79. The number of aromatic carboxylic acids is 1. The molecule has 1 aromatic carbocycles. The fraction of sp³-hybridized carbons (Fsp3) is 0.300. The van der Waals surface area contributed by atoms with E-state index in [1.54, 1.807) is 0 Å². The lowest BCUT2D eigenvalue weighted by atomic mass is 10.2. The first-order valence-electron chi connectivity index (χ1n) is 4.63. The SMILES string of the molecule is CS(=O)(=O)CCOc1ccc(Cl)c(C(=O)O)c1. The lowest BCUT2D eigenvalue weighted by Gasteiger charge is -2.07. The molecule has 0 saturated heterocycles. The van der Waals surface area contributed by atoms with Gasteiger partial charge in [0.15, 0.2) is 9.84 Å². The maximum Gasteiger partial charge on any atom is 0.337 e. The Kier molecular flexibility index (Phi) is 4.36. The minimum atomic E-state index is -3.10. The molecule has 0 heterocycles. The third kappa shape index (κ3) is 4.62. The smallest absolute Gasteiger partial charge is 0.337 e. The quantitative estimate of drug-likeness (QED) is 0.882. The van der Waals surface area contributed by atoms with Crippen LogP contribution in [0.2, 0.25) is 5.02 Å². The van der Waals surface area contributed by atoms with E-state index in [9.17, 15) is 13.2 Å². The van der Waals surface area contributed by atoms with Crippen molar-refractivity contribution in [2.45, 2.75) is 0 Å². The van der Waals surface area contributed by atoms with E-state index in [0.717, 1.165) is 6.26 Å². The molecular formula is C10H11ClO5S. The van der Waals surface area contributed by atoms with Gasteiger partial charge in [-0.05, 0) is 18.2 Å². The molecule has 0 saturated carbocycles. The Morgan fingerprint density at radius 2 is 2.12 bits per heavy atom. The minimum absolute atomic E-state index is 0.0282. The number of rotatable bonds is 5. The average molecular weight is 279 g/mol. The number of halogens is 1. The first kappa shape index (κ1) is 13.8. The monoisotopic (exact) mass is 278 g/mol. The highest BCUT2D eigenvalue weighted by molar-refractivity contribution is 7.90. The van der Waals surface area contributed by atoms with Gasteiger partial charge in [0.2, 0.25) is 0 Å². The molecule has 17 heavy (non-hydrogen) atoms. The molecule has 0 fully saturated rings. The van der Waals surface area contributed by atoms with Crippen molar-refractivity contribution >= 4 is 27.4 Å². The van der Waals surface area contributed by atoms with E-state index in [-0.39, 0.29) is 28.7 Å². The predicted molar refractivity (Wildman–Crippen MR) is 63.6 cm³/mol. The van der Waals surface area contributed by atoms with Gasteiger partial charge in [-0.3, -0.25) is 0 Å². The standard InChI is InChI=1S/C10H11ClO5S/c1-17(14,15)5-4-16-7-2-3-9(11)8(6-7)10(12)13/h2-3,6H,4-5H2,1H3,(H,12,13). The Balaban J connectivity index is 2.73. The van der Waals surface area contributed by atoms with Crippen molar-refractivity contribution in [1.29, 1.82) is 0 Å². The van der Waals surface area contributed by atoms with Crippen LogP contribution >= 0.6 is 11.6 Å². The number of carboxylic acids is 1. The summed E-state index contributed by atoms with van der Waals surface area (Å²) in [5.74, 6) is -1.02. The highest BCUT2D eigenvalue weighted by atomic mass is 35.5. The number of benzene rings is 1. The van der Waals surface area contributed by atoms with E-state index in [4.69, 9.17) is 21.4 Å². The number of ether oxygens (including phenoxy) is 1. The Morgan fingerprint density at radius 1 is 1.47 bits per heavy atom. The minimum Gasteiger partial charge on any atom is -0.493 e. The Morgan fingerprint density at radius 3 is 2.65 bits per heavy atom. The molecule has 0 spiro atoms. The summed E-state index contributed by atoms with van der Waals surface area (Å²) < 4.78 is 26.8. The average Bonchev–Trinajstić information content (AvgIpc) is 2.18. The van der Waals surface area contributed by atoms with Gasteiger partial charge in [0.25, 0.3) is 0 Å². The highest BCUT2D eigenvalue weighted by Gasteiger charge is 2.10. The molecule has 0 aliphatic carbocycles. The van der Waals surface area contributed by atoms with Crippen molar-refractivity contribution in [3.05, 3.63) is 28.8 Å². The van der Waals surface area contributed by atoms with Crippen LogP contribution < -0.4 is 4.74 Å². The summed E-state index contributed by atoms with van der Waals surface area (Å²) in [6.45, 7) is -0.0282. The lowest BCUT2D eigenvalue weighted by molar-refractivity contribution is 0.0696. The largest absolute Gasteiger partial charge is 0.493 e. The van der Waals surface area contributed by atoms with Crippen LogP contribution in [0, 0.1) is 0 Å². The molecule has 0 bridgehead atoms. The summed E-state index contributed by atoms with van der Waals surface area (Å²) in [7, 11) is -3.10. The van der Waals surface area contributed by atoms with E-state index in [2.05, 4.69) is 0 Å². The van der Waals surface area contributed by atoms with Gasteiger partial charge in [0.05, 0.1) is 16.3 Å². The van der Waals surface area contributed by atoms with Gasteiger partial charge in [-0.25, -0.2) is 13.2 Å². The summed E-state index contributed by atoms with van der Waals surface area (Å²) in [5, 5.41) is 8.91. The van der Waals surface area contributed by atoms with Gasteiger partial charge in [0.1, 0.15) is 12.4 Å². The molecule has 1 N–H and O–H groups in total. The van der Waals surface area contributed by atoms with Crippen molar-refractivity contribution in [2.75, 3.05) is 18.6 Å². The summed E-state index contributed by atoms with van der Waals surface area (Å²) in [5.41, 5.74) is -0.0801. The van der Waals surface area contributed by atoms with Gasteiger partial charge in [-0.15, -0.1) is 0 Å². The molecule has 0 aliphatic rings. The number of carboxylic acid groups (broad SMARTS) is 1. The van der Waals surface area contributed by atoms with E-state index in [1.807, 2.05) is 0 Å². The van der Waals surface area contributed by atoms with Crippen LogP contribution in [0.3, 0.4) is 0 Å². The molecule has 5 nitrogen and oxygen atoms in total. The molecule has 1 aromatic rings. The molecule has 1 rings (SSSR count). The number of hydrogen-bond donors (Lipinski definition) is 1. The van der Waals surface area contributed by atoms with Crippen LogP contribution in [0.15, 0.2) is 18.2 Å². The van der Waals surface area contributed by atoms with Crippen molar-refractivity contribution in [2.24, 2.45) is 0 Å². The second-order valence-electron chi connectivity index (χ2n) is 3.43. The third-order valence-electron chi connectivity index (χ3n) is 1.89. The Labute approximate surface area is 104 Å². The molecule has 0 atom stereocenters. The molecule has 94 valence electrons. The fourth-order valence-electron chi connectivity index (χ4n) is 1.07. The van der Waals surface area contributed by atoms with Gasteiger partial charge < -0.3 is 9.84 Å². The number of sulfone groups is 1. The van der Waals surface area contributed by atoms with Crippen LogP contribution in [0.5, 0.6) is 5.75 Å². The molecule has 0 unspecified atom stereocenters. The van der Waals surface area contributed by atoms with E-state index in [0.29, 0.717) is 0 Å². The van der Waals surface area contributed by atoms with Gasteiger partial charge in [0, 0.05) is 6.26 Å². The van der Waals surface area contributed by atoms with Crippen LogP contribution in [-0.4, -0.2) is 38.1 Å². The predicted octanol–water partition coefficient (Wildman–Crippen LogP) is 1.46. The van der Waals surface area contributed by atoms with E-state index < -0.39 is 15.8 Å². The second-order valence-corrected chi connectivity index (χ2v) is 6.09. The Bertz CT molecular complexity index is 523. The maximum absolute atomic E-state index is 10.9. The first-order valence-corrected chi connectivity index (χ1v) is 7.07. The normalized spacial score (nSPS) is 11.2. The third-order valence-corrected chi connectivity index (χ3v) is 3.13. The van der Waals surface area contributed by atoms with Crippen molar-refractivity contribution in [3.8, 4) is 5.75 Å². The highest BCUT2D eigenvalue weighted by Crippen LogP contribution is 2.22. The summed E-state index contributed by atoms with van der Waals surface area (Å²) in [4.78, 5) is 10.8. The van der Waals surface area contributed by atoms with Crippen LogP contribution in [0.1, 0.15) is 10.4 Å². The lowest BCUT2D eigenvalue weighted by Crippen LogP contribution is -2.12. The van der Waals surface area contributed by atoms with Crippen molar-refractivity contribution in [1.82, 2.24) is 0 Å². The zero-order valence-corrected chi connectivity index (χ0v) is 10.6. The second kappa shape index (κ2) is 5.37. The summed E-state index contributed by atoms with van der Waals surface area (Å²) in [6, 6.07) is 4.13. The van der Waals surface area contributed by atoms with E-state index >= 15 is 0 Å². The molecule has 0 aliphatic heterocycles. The fourth-order valence-corrected chi connectivity index (χ4v) is 1.65. The van der Waals surface area contributed by atoms with Gasteiger partial charge in [-0.2, -0.15) is 0 Å². The van der Waals surface area contributed by atoms with Crippen molar-refractivity contribution < 1.29 is 23.1 Å². The van der Waals surface area contributed by atoms with E-state index in [1.165, 1.54) is 18.2 Å². The van der Waals surface area contributed by atoms with Crippen LogP contribution in [0.25, 0.3) is 0 Å². The summed E-state index contributed by atoms with van der Waals surface area (Å²) >= 11 is 5.67. The number of carbonyl (C=O) groups is 1. The topological polar surface area (TPSA) is 80.7 Å². The Hall–Kier alpha value is -1.27. The van der Waals surface area contributed by atoms with Gasteiger partial charge in [-0.1, -0.05) is 11.6 Å². The number of hydrogen-bond acceptors (Lipinski definition) is 4. The molecule has 0 aromatic heterocycles. The molecule has 7 heteroatoms.